The standard InChI is InChI=1S/C14H23N3O3/c1-11(9-15)3-5-13(18)17-12-4-6-14(16-10-12)20-8-7-19-2/h4,6,10-11H,3,5,7-9,15H2,1-2H3,(H,17,18). The second kappa shape index (κ2) is 9.28. The van der Waals surface area contributed by atoms with Crippen molar-refractivity contribution in [1.82, 2.24) is 4.98 Å². The summed E-state index contributed by atoms with van der Waals surface area (Å²) in [6, 6.07) is 3.48. The third-order valence-corrected chi connectivity index (χ3v) is 2.82. The van der Waals surface area contributed by atoms with Crippen LogP contribution in [0.3, 0.4) is 0 Å². The molecule has 0 saturated carbocycles. The summed E-state index contributed by atoms with van der Waals surface area (Å²) in [6.45, 7) is 3.59. The Bertz CT molecular complexity index is 395. The van der Waals surface area contributed by atoms with Crippen LogP contribution in [0, 0.1) is 5.92 Å². The summed E-state index contributed by atoms with van der Waals surface area (Å²) in [7, 11) is 1.61. The summed E-state index contributed by atoms with van der Waals surface area (Å²) < 4.78 is 10.2. The van der Waals surface area contributed by atoms with Gasteiger partial charge in [0, 0.05) is 19.6 Å². The number of amides is 1. The molecule has 0 aromatic carbocycles. The van der Waals surface area contributed by atoms with Crippen LogP contribution in [0.1, 0.15) is 19.8 Å². The third kappa shape index (κ3) is 6.49. The van der Waals surface area contributed by atoms with Crippen LogP contribution in [-0.4, -0.2) is 37.8 Å². The second-order valence-electron chi connectivity index (χ2n) is 4.65. The molecule has 1 aromatic heterocycles. The zero-order valence-electron chi connectivity index (χ0n) is 12.1. The van der Waals surface area contributed by atoms with Gasteiger partial charge < -0.3 is 20.5 Å². The molecule has 1 heterocycles. The van der Waals surface area contributed by atoms with Crippen LogP contribution < -0.4 is 15.8 Å². The maximum atomic E-state index is 11.7. The van der Waals surface area contributed by atoms with Crippen molar-refractivity contribution in [3.05, 3.63) is 18.3 Å². The molecule has 6 heteroatoms. The minimum absolute atomic E-state index is 0.0276. The third-order valence-electron chi connectivity index (χ3n) is 2.82. The number of carbonyl (C=O) groups excluding carboxylic acids is 1. The first-order valence-electron chi connectivity index (χ1n) is 6.73. The van der Waals surface area contributed by atoms with E-state index in [-0.39, 0.29) is 5.91 Å². The molecule has 1 aromatic rings. The molecule has 0 aliphatic heterocycles. The van der Waals surface area contributed by atoms with Crippen molar-refractivity contribution in [3.63, 3.8) is 0 Å². The maximum Gasteiger partial charge on any atom is 0.224 e. The largest absolute Gasteiger partial charge is 0.475 e. The highest BCUT2D eigenvalue weighted by atomic mass is 16.5. The number of rotatable bonds is 9. The molecular weight excluding hydrogens is 258 g/mol. The molecular formula is C14H23N3O3. The molecule has 1 rings (SSSR count). The lowest BCUT2D eigenvalue weighted by atomic mass is 10.1. The number of hydrogen-bond acceptors (Lipinski definition) is 5. The van der Waals surface area contributed by atoms with Crippen molar-refractivity contribution >= 4 is 11.6 Å². The van der Waals surface area contributed by atoms with E-state index in [0.29, 0.717) is 43.7 Å². The van der Waals surface area contributed by atoms with Gasteiger partial charge in [0.05, 0.1) is 18.5 Å². The van der Waals surface area contributed by atoms with Gasteiger partial charge in [-0.25, -0.2) is 4.98 Å². The van der Waals surface area contributed by atoms with E-state index in [2.05, 4.69) is 10.3 Å². The molecule has 0 spiro atoms. The van der Waals surface area contributed by atoms with Crippen LogP contribution in [0.4, 0.5) is 5.69 Å². The van der Waals surface area contributed by atoms with Crippen LogP contribution in [0.2, 0.25) is 0 Å². The van der Waals surface area contributed by atoms with Crippen molar-refractivity contribution < 1.29 is 14.3 Å². The molecule has 0 aliphatic carbocycles. The molecule has 3 N–H and O–H groups in total. The Labute approximate surface area is 119 Å². The summed E-state index contributed by atoms with van der Waals surface area (Å²) in [5.41, 5.74) is 6.17. The van der Waals surface area contributed by atoms with Gasteiger partial charge in [-0.3, -0.25) is 4.79 Å². The molecule has 0 aliphatic rings. The lowest BCUT2D eigenvalue weighted by Crippen LogP contribution is -2.16. The molecule has 0 bridgehead atoms. The van der Waals surface area contributed by atoms with Crippen LogP contribution >= 0.6 is 0 Å². The van der Waals surface area contributed by atoms with E-state index < -0.39 is 0 Å². The first kappa shape index (κ1) is 16.4. The van der Waals surface area contributed by atoms with Gasteiger partial charge in [0.1, 0.15) is 6.61 Å². The highest BCUT2D eigenvalue weighted by Crippen LogP contribution is 2.12. The predicted molar refractivity (Wildman–Crippen MR) is 77.7 cm³/mol. The topological polar surface area (TPSA) is 86.5 Å². The van der Waals surface area contributed by atoms with Gasteiger partial charge in [-0.15, -0.1) is 0 Å². The van der Waals surface area contributed by atoms with E-state index in [9.17, 15) is 4.79 Å². The smallest absolute Gasteiger partial charge is 0.224 e. The van der Waals surface area contributed by atoms with E-state index in [1.165, 1.54) is 0 Å². The van der Waals surface area contributed by atoms with Crippen LogP contribution in [0.5, 0.6) is 5.88 Å². The Morgan fingerprint density at radius 3 is 2.85 bits per heavy atom. The number of ether oxygens (including phenoxy) is 2. The zero-order chi connectivity index (χ0) is 14.8. The number of nitrogens with zero attached hydrogens (tertiary/aromatic N) is 1. The van der Waals surface area contributed by atoms with Gasteiger partial charge in [0.25, 0.3) is 0 Å². The molecule has 6 nitrogen and oxygen atoms in total. The van der Waals surface area contributed by atoms with Gasteiger partial charge >= 0.3 is 0 Å². The van der Waals surface area contributed by atoms with Crippen molar-refractivity contribution in [2.45, 2.75) is 19.8 Å². The summed E-state index contributed by atoms with van der Waals surface area (Å²) in [6.07, 6.45) is 2.82. The fourth-order valence-corrected chi connectivity index (χ4v) is 1.49. The highest BCUT2D eigenvalue weighted by molar-refractivity contribution is 5.90. The van der Waals surface area contributed by atoms with Gasteiger partial charge in [0.15, 0.2) is 0 Å². The van der Waals surface area contributed by atoms with Gasteiger partial charge in [-0.2, -0.15) is 0 Å². The first-order chi connectivity index (χ1) is 9.65. The Morgan fingerprint density at radius 1 is 1.45 bits per heavy atom. The highest BCUT2D eigenvalue weighted by Gasteiger charge is 2.06. The van der Waals surface area contributed by atoms with E-state index >= 15 is 0 Å². The van der Waals surface area contributed by atoms with E-state index in [1.807, 2.05) is 6.92 Å². The normalized spacial score (nSPS) is 11.9. The quantitative estimate of drug-likeness (QED) is 0.668. The fourth-order valence-electron chi connectivity index (χ4n) is 1.49. The Balaban J connectivity index is 2.35. The summed E-state index contributed by atoms with van der Waals surface area (Å²) in [4.78, 5) is 15.8. The summed E-state index contributed by atoms with van der Waals surface area (Å²) >= 11 is 0. The molecule has 1 unspecified atom stereocenters. The molecule has 0 fully saturated rings. The number of pyridine rings is 1. The fraction of sp³-hybridized carbons (Fsp3) is 0.571. The van der Waals surface area contributed by atoms with Gasteiger partial charge in [-0.05, 0) is 24.9 Å². The Kier molecular flexibility index (Phi) is 7.60. The minimum atomic E-state index is -0.0276. The van der Waals surface area contributed by atoms with Crippen LogP contribution in [0.25, 0.3) is 0 Å². The number of methoxy groups -OCH3 is 1. The number of nitrogens with two attached hydrogens (primary N) is 1. The predicted octanol–water partition coefficient (Wildman–Crippen LogP) is 1.42. The van der Waals surface area contributed by atoms with Crippen molar-refractivity contribution in [2.24, 2.45) is 11.7 Å². The number of aromatic nitrogens is 1. The Hall–Kier alpha value is -1.66. The lowest BCUT2D eigenvalue weighted by Gasteiger charge is -2.09. The molecule has 112 valence electrons. The van der Waals surface area contributed by atoms with E-state index in [0.717, 1.165) is 6.42 Å². The van der Waals surface area contributed by atoms with Crippen LogP contribution in [-0.2, 0) is 9.53 Å². The second-order valence-corrected chi connectivity index (χ2v) is 4.65. The SMILES string of the molecule is COCCOc1ccc(NC(=O)CCC(C)CN)cn1. The molecule has 1 amide bonds. The van der Waals surface area contributed by atoms with Crippen molar-refractivity contribution in [2.75, 3.05) is 32.2 Å². The average Bonchev–Trinajstić information content (AvgIpc) is 2.47. The number of carbonyl (C=O) groups is 1. The number of nitrogens with one attached hydrogen (secondary N) is 1. The molecule has 1 atom stereocenters. The van der Waals surface area contributed by atoms with Gasteiger partial charge in [0.2, 0.25) is 11.8 Å². The van der Waals surface area contributed by atoms with Crippen molar-refractivity contribution in [3.8, 4) is 5.88 Å². The number of anilines is 1. The van der Waals surface area contributed by atoms with Crippen LogP contribution in [0.15, 0.2) is 18.3 Å². The monoisotopic (exact) mass is 281 g/mol. The van der Waals surface area contributed by atoms with Gasteiger partial charge in [-0.1, -0.05) is 6.92 Å². The molecule has 20 heavy (non-hydrogen) atoms. The zero-order valence-corrected chi connectivity index (χ0v) is 12.1. The summed E-state index contributed by atoms with van der Waals surface area (Å²) in [5.74, 6) is 0.840. The van der Waals surface area contributed by atoms with Crippen molar-refractivity contribution in [1.29, 1.82) is 0 Å². The maximum absolute atomic E-state index is 11.7. The number of hydrogen-bond donors (Lipinski definition) is 2. The molecule has 0 saturated heterocycles. The van der Waals surface area contributed by atoms with E-state index in [4.69, 9.17) is 15.2 Å². The lowest BCUT2D eigenvalue weighted by molar-refractivity contribution is -0.116. The first-order valence-corrected chi connectivity index (χ1v) is 6.73. The summed E-state index contributed by atoms with van der Waals surface area (Å²) in [5, 5.41) is 2.79. The Morgan fingerprint density at radius 2 is 2.25 bits per heavy atom. The minimum Gasteiger partial charge on any atom is -0.475 e. The average molecular weight is 281 g/mol. The molecule has 0 radical (unpaired) electrons. The van der Waals surface area contributed by atoms with E-state index in [1.54, 1.807) is 25.4 Å².